The molecule has 0 bridgehead atoms. The lowest BCUT2D eigenvalue weighted by Crippen LogP contribution is -2.48. The van der Waals surface area contributed by atoms with Gasteiger partial charge in [-0.25, -0.2) is 9.69 Å². The van der Waals surface area contributed by atoms with Gasteiger partial charge in [0, 0.05) is 11.8 Å². The maximum Gasteiger partial charge on any atom is 0.416 e. The van der Waals surface area contributed by atoms with E-state index < -0.39 is 32.0 Å². The third kappa shape index (κ3) is 6.16. The maximum atomic E-state index is 12.8. The van der Waals surface area contributed by atoms with E-state index in [0.717, 1.165) is 4.90 Å². The third-order valence-electron chi connectivity index (χ3n) is 4.99. The van der Waals surface area contributed by atoms with Crippen molar-refractivity contribution in [1.82, 2.24) is 4.90 Å². The molecule has 0 aromatic rings. The number of aliphatic hydroxyl groups excluding tert-OH is 1. The number of carbonyl (C=O) groups is 2. The summed E-state index contributed by atoms with van der Waals surface area (Å²) < 4.78 is 10.9. The highest BCUT2D eigenvalue weighted by Crippen LogP contribution is 2.36. The first kappa shape index (κ1) is 23.9. The van der Waals surface area contributed by atoms with E-state index in [4.69, 9.17) is 16.8 Å². The van der Waals surface area contributed by atoms with E-state index in [9.17, 15) is 14.7 Å². The molecule has 2 amide bonds. The van der Waals surface area contributed by atoms with Gasteiger partial charge >= 0.3 is 6.09 Å². The topological polar surface area (TPSA) is 76.1 Å². The van der Waals surface area contributed by atoms with Gasteiger partial charge in [0.15, 0.2) is 0 Å². The number of carbonyl (C=O) groups excluding carboxylic acids is 2. The minimum Gasteiger partial charge on any atom is -0.447 e. The van der Waals surface area contributed by atoms with E-state index in [1.807, 2.05) is 32.9 Å². The first-order valence-electron chi connectivity index (χ1n) is 9.27. The Bertz CT molecular complexity index is 556. The number of nitrogens with zero attached hydrogens (tertiary/aromatic N) is 1. The molecule has 6 nitrogen and oxygen atoms in total. The highest BCUT2D eigenvalue weighted by molar-refractivity contribution is 7.77. The van der Waals surface area contributed by atoms with Gasteiger partial charge in [-0.1, -0.05) is 52.5 Å². The first-order chi connectivity index (χ1) is 12.6. The molecule has 8 heteroatoms. The minimum absolute atomic E-state index is 0.0383. The molecule has 1 aliphatic heterocycles. The summed E-state index contributed by atoms with van der Waals surface area (Å²) in [5.74, 6) is -1.62. The van der Waals surface area contributed by atoms with E-state index in [-0.39, 0.29) is 30.6 Å². The van der Waals surface area contributed by atoms with Crippen LogP contribution in [0, 0.1) is 17.8 Å². The van der Waals surface area contributed by atoms with Crippen molar-refractivity contribution in [1.29, 1.82) is 0 Å². The second kappa shape index (κ2) is 11.0. The van der Waals surface area contributed by atoms with E-state index in [0.29, 0.717) is 6.42 Å². The van der Waals surface area contributed by atoms with Crippen LogP contribution in [0.15, 0.2) is 24.8 Å². The Hall–Kier alpha value is -1.17. The largest absolute Gasteiger partial charge is 0.447 e. The Balaban J connectivity index is 2.95. The summed E-state index contributed by atoms with van der Waals surface area (Å²) in [7, 11) is 4.72. The van der Waals surface area contributed by atoms with Crippen LogP contribution in [0.3, 0.4) is 0 Å². The molecule has 150 valence electrons. The second-order valence-corrected chi connectivity index (χ2v) is 8.38. The Morgan fingerprint density at radius 2 is 2.15 bits per heavy atom. The molecule has 0 saturated carbocycles. The molecule has 0 spiro atoms. The highest BCUT2D eigenvalue weighted by atomic mass is 31.1. The predicted octanol–water partition coefficient (Wildman–Crippen LogP) is 3.25. The quantitative estimate of drug-likeness (QED) is 0.349. The lowest BCUT2D eigenvalue weighted by molar-refractivity contribution is -0.138. The fraction of sp³-hybridized carbons (Fsp3) is 0.684. The fourth-order valence-corrected chi connectivity index (χ4v) is 4.04. The van der Waals surface area contributed by atoms with Crippen molar-refractivity contribution >= 4 is 27.6 Å². The molecule has 0 aliphatic carbocycles. The number of hydrogen-bond donors (Lipinski definition) is 1. The number of aliphatic hydroxyl groups is 1. The molecule has 2 radical (unpaired) electrons. The number of ether oxygens (including phenoxy) is 1. The Morgan fingerprint density at radius 3 is 2.67 bits per heavy atom. The van der Waals surface area contributed by atoms with E-state index in [1.165, 1.54) is 0 Å². The van der Waals surface area contributed by atoms with Crippen molar-refractivity contribution in [2.45, 2.75) is 52.4 Å². The summed E-state index contributed by atoms with van der Waals surface area (Å²) in [4.78, 5) is 25.9. The lowest BCUT2D eigenvalue weighted by atomic mass is 9.83. The third-order valence-corrected chi connectivity index (χ3v) is 5.56. The van der Waals surface area contributed by atoms with Crippen LogP contribution in [-0.2, 0) is 14.1 Å². The molecule has 0 aromatic carbocycles. The van der Waals surface area contributed by atoms with Gasteiger partial charge in [-0.3, -0.25) is 4.79 Å². The minimum atomic E-state index is -1.15. The van der Waals surface area contributed by atoms with Crippen molar-refractivity contribution in [3.63, 3.8) is 0 Å². The molecule has 27 heavy (non-hydrogen) atoms. The Morgan fingerprint density at radius 1 is 1.52 bits per heavy atom. The van der Waals surface area contributed by atoms with Crippen molar-refractivity contribution in [2.75, 3.05) is 13.3 Å². The Kier molecular flexibility index (Phi) is 9.71. The summed E-state index contributed by atoms with van der Waals surface area (Å²) >= 11 is 0. The van der Waals surface area contributed by atoms with Crippen molar-refractivity contribution in [3.05, 3.63) is 24.8 Å². The van der Waals surface area contributed by atoms with Crippen LogP contribution < -0.4 is 0 Å². The molecule has 1 rings (SSSR count). The number of cyclic esters (lactones) is 1. The van der Waals surface area contributed by atoms with E-state index in [2.05, 4.69) is 6.58 Å². The monoisotopic (exact) mass is 395 g/mol. The van der Waals surface area contributed by atoms with Gasteiger partial charge in [-0.15, -0.1) is 0 Å². The first-order valence-corrected chi connectivity index (χ1v) is 11.1. The summed E-state index contributed by atoms with van der Waals surface area (Å²) in [6, 6.07) is -0.288. The maximum absolute atomic E-state index is 12.8. The van der Waals surface area contributed by atoms with Crippen LogP contribution in [0.1, 0.15) is 34.1 Å². The van der Waals surface area contributed by atoms with Crippen LogP contribution >= 0.6 is 8.03 Å². The Labute approximate surface area is 165 Å². The average Bonchev–Trinajstić information content (AvgIpc) is 3.02. The van der Waals surface area contributed by atoms with Gasteiger partial charge in [0.25, 0.3) is 0 Å². The van der Waals surface area contributed by atoms with Crippen LogP contribution in [0.4, 0.5) is 4.79 Å². The van der Waals surface area contributed by atoms with Crippen LogP contribution in [-0.4, -0.2) is 61.1 Å². The zero-order valence-electron chi connectivity index (χ0n) is 16.9. The van der Waals surface area contributed by atoms with Gasteiger partial charge in [0.2, 0.25) is 5.91 Å². The summed E-state index contributed by atoms with van der Waals surface area (Å²) in [5, 5.41) is 10.9. The molecule has 1 saturated heterocycles. The molecule has 7 unspecified atom stereocenters. The number of rotatable bonds is 10. The number of amides is 2. The van der Waals surface area contributed by atoms with Crippen LogP contribution in [0.5, 0.6) is 0 Å². The van der Waals surface area contributed by atoms with Gasteiger partial charge in [-0.05, 0) is 21.1 Å². The average molecular weight is 395 g/mol. The lowest BCUT2D eigenvalue weighted by Gasteiger charge is -2.35. The smallest absolute Gasteiger partial charge is 0.416 e. The van der Waals surface area contributed by atoms with E-state index in [1.54, 1.807) is 19.7 Å². The van der Waals surface area contributed by atoms with Gasteiger partial charge in [0.1, 0.15) is 14.2 Å². The molecule has 1 N–H and O–H groups in total. The molecule has 1 fully saturated rings. The SMILES string of the molecule is [B]P(C)OC(C(C)/C=C\C=C)C(C)C(O)C(C)C(=O)N1C(=O)OCC1CC. The molecule has 7 atom stereocenters. The summed E-state index contributed by atoms with van der Waals surface area (Å²) in [6.07, 6.45) is 4.00. The molecule has 1 heterocycles. The number of hydrogen-bond acceptors (Lipinski definition) is 5. The van der Waals surface area contributed by atoms with Crippen LogP contribution in [0.2, 0.25) is 0 Å². The van der Waals surface area contributed by atoms with Gasteiger partial charge in [0.05, 0.1) is 24.2 Å². The molecular weight excluding hydrogens is 364 g/mol. The van der Waals surface area contributed by atoms with Crippen molar-refractivity contribution < 1.29 is 24.0 Å². The van der Waals surface area contributed by atoms with Gasteiger partial charge < -0.3 is 14.4 Å². The number of imide groups is 1. The van der Waals surface area contributed by atoms with Crippen LogP contribution in [0.25, 0.3) is 0 Å². The summed E-state index contributed by atoms with van der Waals surface area (Å²) in [5.41, 5.74) is 0. The fourth-order valence-electron chi connectivity index (χ4n) is 3.27. The molecule has 0 aromatic heterocycles. The number of allylic oxidation sites excluding steroid dienone is 2. The molecule has 1 aliphatic rings. The van der Waals surface area contributed by atoms with Crippen molar-refractivity contribution in [2.24, 2.45) is 17.8 Å². The highest BCUT2D eigenvalue weighted by Gasteiger charge is 2.42. The van der Waals surface area contributed by atoms with E-state index >= 15 is 0 Å². The zero-order chi connectivity index (χ0) is 20.7. The van der Waals surface area contributed by atoms with Gasteiger partial charge in [-0.2, -0.15) is 0 Å². The zero-order valence-corrected chi connectivity index (χ0v) is 17.8. The summed E-state index contributed by atoms with van der Waals surface area (Å²) in [6.45, 7) is 12.9. The predicted molar refractivity (Wildman–Crippen MR) is 109 cm³/mol. The second-order valence-electron chi connectivity index (χ2n) is 7.08. The normalized spacial score (nSPS) is 24.1. The standard InChI is InChI=1S/C19H31BNO5P/c1-7-9-10-12(3)17(26-27(6)20)13(4)16(22)14(5)18(23)21-15(8-2)11-25-19(21)24/h7,9-10,12-17,22H,1,8,11H2,2-6H3/b10-9-. The molecular formula is C19H31BNO5P. The van der Waals surface area contributed by atoms with Crippen molar-refractivity contribution in [3.8, 4) is 0 Å².